The Morgan fingerprint density at radius 2 is 1.88 bits per heavy atom. The molecule has 4 heteroatoms. The minimum Gasteiger partial charge on any atom is -0.372 e. The van der Waals surface area contributed by atoms with Gasteiger partial charge in [-0.2, -0.15) is 0 Å². The third-order valence-electron chi connectivity index (χ3n) is 2.99. The van der Waals surface area contributed by atoms with Crippen LogP contribution in [0.5, 0.6) is 0 Å². The second kappa shape index (κ2) is 5.85. The topological polar surface area (TPSA) is 21.7 Å². The molecule has 0 N–H and O–H groups in total. The van der Waals surface area contributed by atoms with Gasteiger partial charge >= 0.3 is 0 Å². The van der Waals surface area contributed by atoms with E-state index in [1.807, 2.05) is 0 Å². The molecule has 1 aromatic carbocycles. The molecule has 0 spiro atoms. The first-order valence-electron chi connectivity index (χ1n) is 6.03. The van der Waals surface area contributed by atoms with E-state index in [0.717, 1.165) is 23.1 Å². The van der Waals surface area contributed by atoms with Crippen LogP contribution in [0, 0.1) is 0 Å². The molecule has 94 valence electrons. The van der Waals surface area contributed by atoms with E-state index in [1.165, 1.54) is 5.69 Å². The van der Waals surface area contributed by atoms with Crippen LogP contribution >= 0.6 is 15.9 Å². The molecule has 1 fully saturated rings. The van der Waals surface area contributed by atoms with Gasteiger partial charge < -0.3 is 14.4 Å². The Morgan fingerprint density at radius 3 is 2.41 bits per heavy atom. The van der Waals surface area contributed by atoms with Crippen LogP contribution in [0.15, 0.2) is 22.7 Å². The van der Waals surface area contributed by atoms with Gasteiger partial charge in [-0.05, 0) is 26.0 Å². The summed E-state index contributed by atoms with van der Waals surface area (Å²) >= 11 is 3.60. The molecule has 3 nitrogen and oxygen atoms in total. The van der Waals surface area contributed by atoms with Gasteiger partial charge in [-0.15, -0.1) is 0 Å². The molecule has 0 radical (unpaired) electrons. The van der Waals surface area contributed by atoms with E-state index in [0.29, 0.717) is 13.2 Å². The summed E-state index contributed by atoms with van der Waals surface area (Å²) in [5.74, 6) is 0. The SMILES string of the molecule is CCN(CC)c1ccc(C2OCCO2)c(Br)c1. The molecular formula is C13H18BrNO2. The molecule has 0 saturated carbocycles. The number of ether oxygens (including phenoxy) is 2. The van der Waals surface area contributed by atoms with Crippen molar-refractivity contribution in [2.45, 2.75) is 20.1 Å². The fraction of sp³-hybridized carbons (Fsp3) is 0.538. The Labute approximate surface area is 111 Å². The molecule has 0 amide bonds. The molecule has 1 heterocycles. The summed E-state index contributed by atoms with van der Waals surface area (Å²) in [6.07, 6.45) is -0.213. The number of benzene rings is 1. The van der Waals surface area contributed by atoms with Gasteiger partial charge in [0.25, 0.3) is 0 Å². The summed E-state index contributed by atoms with van der Waals surface area (Å²) in [4.78, 5) is 2.31. The molecule has 0 atom stereocenters. The van der Waals surface area contributed by atoms with Crippen molar-refractivity contribution in [3.8, 4) is 0 Å². The van der Waals surface area contributed by atoms with E-state index in [4.69, 9.17) is 9.47 Å². The first-order valence-corrected chi connectivity index (χ1v) is 6.83. The maximum atomic E-state index is 5.51. The van der Waals surface area contributed by atoms with Crippen molar-refractivity contribution in [3.63, 3.8) is 0 Å². The van der Waals surface area contributed by atoms with E-state index in [1.54, 1.807) is 0 Å². The fourth-order valence-electron chi connectivity index (χ4n) is 2.03. The van der Waals surface area contributed by atoms with E-state index >= 15 is 0 Å². The van der Waals surface area contributed by atoms with Crippen LogP contribution in [0.3, 0.4) is 0 Å². The van der Waals surface area contributed by atoms with Crippen LogP contribution in [0.4, 0.5) is 5.69 Å². The molecule has 17 heavy (non-hydrogen) atoms. The summed E-state index contributed by atoms with van der Waals surface area (Å²) < 4.78 is 12.1. The average Bonchev–Trinajstić information content (AvgIpc) is 2.84. The summed E-state index contributed by atoms with van der Waals surface area (Å²) in [5.41, 5.74) is 2.29. The number of hydrogen-bond acceptors (Lipinski definition) is 3. The molecule has 1 aliphatic rings. The molecule has 1 saturated heterocycles. The van der Waals surface area contributed by atoms with Crippen molar-refractivity contribution in [3.05, 3.63) is 28.2 Å². The highest BCUT2D eigenvalue weighted by molar-refractivity contribution is 9.10. The summed E-state index contributed by atoms with van der Waals surface area (Å²) in [6.45, 7) is 7.70. The summed E-state index contributed by atoms with van der Waals surface area (Å²) in [7, 11) is 0. The second-order valence-electron chi connectivity index (χ2n) is 3.95. The number of nitrogens with zero attached hydrogens (tertiary/aromatic N) is 1. The van der Waals surface area contributed by atoms with Crippen LogP contribution in [0.1, 0.15) is 25.7 Å². The third-order valence-corrected chi connectivity index (χ3v) is 3.68. The zero-order chi connectivity index (χ0) is 12.3. The molecule has 0 aliphatic carbocycles. The van der Waals surface area contributed by atoms with Crippen LogP contribution in [-0.2, 0) is 9.47 Å². The second-order valence-corrected chi connectivity index (χ2v) is 4.81. The van der Waals surface area contributed by atoms with E-state index in [9.17, 15) is 0 Å². The predicted octanol–water partition coefficient (Wildman–Crippen LogP) is 3.34. The van der Waals surface area contributed by atoms with E-state index in [2.05, 4.69) is 52.9 Å². The molecule has 2 rings (SSSR count). The van der Waals surface area contributed by atoms with Crippen molar-refractivity contribution in [2.24, 2.45) is 0 Å². The van der Waals surface area contributed by atoms with Crippen molar-refractivity contribution in [2.75, 3.05) is 31.2 Å². The smallest absolute Gasteiger partial charge is 0.185 e. The zero-order valence-electron chi connectivity index (χ0n) is 10.3. The minimum atomic E-state index is -0.213. The van der Waals surface area contributed by atoms with Crippen molar-refractivity contribution in [1.82, 2.24) is 0 Å². The molecule has 0 aromatic heterocycles. The van der Waals surface area contributed by atoms with Crippen molar-refractivity contribution < 1.29 is 9.47 Å². The number of hydrogen-bond donors (Lipinski definition) is 0. The van der Waals surface area contributed by atoms with E-state index < -0.39 is 0 Å². The summed E-state index contributed by atoms with van der Waals surface area (Å²) in [5, 5.41) is 0. The Kier molecular flexibility index (Phi) is 4.42. The molecular weight excluding hydrogens is 282 g/mol. The lowest BCUT2D eigenvalue weighted by Crippen LogP contribution is -2.21. The standard InChI is InChI=1S/C13H18BrNO2/c1-3-15(4-2)10-5-6-11(12(14)9-10)13-16-7-8-17-13/h5-6,9,13H,3-4,7-8H2,1-2H3. The Morgan fingerprint density at radius 1 is 1.24 bits per heavy atom. The van der Waals surface area contributed by atoms with Gasteiger partial charge in [-0.3, -0.25) is 0 Å². The Bertz CT molecular complexity index is 374. The lowest BCUT2D eigenvalue weighted by molar-refractivity contribution is -0.0446. The lowest BCUT2D eigenvalue weighted by atomic mass is 10.2. The van der Waals surface area contributed by atoms with Crippen molar-refractivity contribution >= 4 is 21.6 Å². The van der Waals surface area contributed by atoms with Gasteiger partial charge in [0.05, 0.1) is 13.2 Å². The van der Waals surface area contributed by atoms with Crippen LogP contribution in [0.25, 0.3) is 0 Å². The van der Waals surface area contributed by atoms with E-state index in [-0.39, 0.29) is 6.29 Å². The normalized spacial score (nSPS) is 16.4. The highest BCUT2D eigenvalue weighted by Crippen LogP contribution is 2.32. The minimum absolute atomic E-state index is 0.213. The first-order chi connectivity index (χ1) is 8.26. The number of rotatable bonds is 4. The van der Waals surface area contributed by atoms with Gasteiger partial charge in [-0.1, -0.05) is 22.0 Å². The van der Waals surface area contributed by atoms with Gasteiger partial charge in [0, 0.05) is 28.8 Å². The molecule has 0 unspecified atom stereocenters. The van der Waals surface area contributed by atoms with Gasteiger partial charge in [-0.25, -0.2) is 0 Å². The third kappa shape index (κ3) is 2.81. The number of halogens is 1. The largest absolute Gasteiger partial charge is 0.372 e. The van der Waals surface area contributed by atoms with Crippen LogP contribution in [0.2, 0.25) is 0 Å². The first kappa shape index (κ1) is 12.9. The van der Waals surface area contributed by atoms with Crippen LogP contribution in [-0.4, -0.2) is 26.3 Å². The Balaban J connectivity index is 2.21. The monoisotopic (exact) mass is 299 g/mol. The van der Waals surface area contributed by atoms with Gasteiger partial charge in [0.1, 0.15) is 0 Å². The highest BCUT2D eigenvalue weighted by atomic mass is 79.9. The maximum absolute atomic E-state index is 5.51. The zero-order valence-corrected chi connectivity index (χ0v) is 11.9. The van der Waals surface area contributed by atoms with Crippen LogP contribution < -0.4 is 4.90 Å². The highest BCUT2D eigenvalue weighted by Gasteiger charge is 2.21. The van der Waals surface area contributed by atoms with Crippen molar-refractivity contribution in [1.29, 1.82) is 0 Å². The average molecular weight is 300 g/mol. The molecule has 0 bridgehead atoms. The van der Waals surface area contributed by atoms with Gasteiger partial charge in [0.2, 0.25) is 0 Å². The molecule has 1 aromatic rings. The number of anilines is 1. The van der Waals surface area contributed by atoms with Gasteiger partial charge in [0.15, 0.2) is 6.29 Å². The fourth-order valence-corrected chi connectivity index (χ4v) is 2.58. The Hall–Kier alpha value is -0.580. The summed E-state index contributed by atoms with van der Waals surface area (Å²) in [6, 6.07) is 6.33. The predicted molar refractivity (Wildman–Crippen MR) is 72.3 cm³/mol. The quantitative estimate of drug-likeness (QED) is 0.851. The lowest BCUT2D eigenvalue weighted by Gasteiger charge is -2.22. The maximum Gasteiger partial charge on any atom is 0.185 e. The molecule has 1 aliphatic heterocycles.